The van der Waals surface area contributed by atoms with Crippen molar-refractivity contribution in [3.63, 3.8) is 0 Å². The van der Waals surface area contributed by atoms with Gasteiger partial charge in [-0.1, -0.05) is 32.9 Å². The average Bonchev–Trinajstić information content (AvgIpc) is 2.65. The third-order valence-corrected chi connectivity index (χ3v) is 4.22. The number of rotatable bonds is 8. The summed E-state index contributed by atoms with van der Waals surface area (Å²) < 4.78 is 0. The van der Waals surface area contributed by atoms with Crippen LogP contribution in [0, 0.1) is 12.8 Å². The Hall–Kier alpha value is -2.82. The normalized spacial score (nSPS) is 10.6. The first kappa shape index (κ1) is 20.5. The number of carbonyl (C=O) groups is 2. The molecular formula is C22H29N3O2. The Morgan fingerprint density at radius 3 is 2.52 bits per heavy atom. The van der Waals surface area contributed by atoms with Gasteiger partial charge in [0.1, 0.15) is 0 Å². The fraction of sp³-hybridized carbons (Fsp3) is 0.364. The van der Waals surface area contributed by atoms with Crippen molar-refractivity contribution in [2.45, 2.75) is 34.1 Å². The third-order valence-electron chi connectivity index (χ3n) is 4.22. The number of amides is 2. The van der Waals surface area contributed by atoms with Crippen LogP contribution in [0.5, 0.6) is 0 Å². The van der Waals surface area contributed by atoms with E-state index in [0.29, 0.717) is 18.0 Å². The lowest BCUT2D eigenvalue weighted by molar-refractivity contribution is -0.114. The van der Waals surface area contributed by atoms with E-state index in [2.05, 4.69) is 36.7 Å². The highest BCUT2D eigenvalue weighted by molar-refractivity contribution is 5.96. The van der Waals surface area contributed by atoms with Gasteiger partial charge in [0.2, 0.25) is 5.91 Å². The molecule has 2 aromatic rings. The van der Waals surface area contributed by atoms with Crippen molar-refractivity contribution >= 4 is 23.2 Å². The molecule has 0 aliphatic heterocycles. The molecule has 0 saturated carbocycles. The van der Waals surface area contributed by atoms with Crippen LogP contribution in [-0.2, 0) is 11.2 Å². The smallest absolute Gasteiger partial charge is 0.251 e. The Morgan fingerprint density at radius 2 is 1.85 bits per heavy atom. The second kappa shape index (κ2) is 9.76. The fourth-order valence-corrected chi connectivity index (χ4v) is 2.65. The van der Waals surface area contributed by atoms with E-state index in [0.717, 1.165) is 23.4 Å². The number of carbonyl (C=O) groups excluding carboxylic acids is 2. The van der Waals surface area contributed by atoms with Crippen LogP contribution < -0.4 is 16.0 Å². The Bertz CT molecular complexity index is 800. The first-order valence-electron chi connectivity index (χ1n) is 9.40. The molecule has 144 valence electrons. The van der Waals surface area contributed by atoms with Gasteiger partial charge in [0.25, 0.3) is 5.91 Å². The highest BCUT2D eigenvalue weighted by Crippen LogP contribution is 2.17. The Kier molecular flexibility index (Phi) is 7.41. The van der Waals surface area contributed by atoms with Crippen LogP contribution in [0.25, 0.3) is 0 Å². The molecule has 27 heavy (non-hydrogen) atoms. The van der Waals surface area contributed by atoms with Gasteiger partial charge in [0, 0.05) is 23.5 Å². The second-order valence-electron chi connectivity index (χ2n) is 7.09. The van der Waals surface area contributed by atoms with E-state index in [1.807, 2.05) is 43.3 Å². The second-order valence-corrected chi connectivity index (χ2v) is 7.09. The monoisotopic (exact) mass is 367 g/mol. The zero-order valence-corrected chi connectivity index (χ0v) is 16.6. The van der Waals surface area contributed by atoms with Gasteiger partial charge < -0.3 is 16.0 Å². The fourth-order valence-electron chi connectivity index (χ4n) is 2.65. The van der Waals surface area contributed by atoms with E-state index in [4.69, 9.17) is 0 Å². The summed E-state index contributed by atoms with van der Waals surface area (Å²) in [6, 6.07) is 13.3. The summed E-state index contributed by atoms with van der Waals surface area (Å²) in [6.45, 7) is 8.93. The van der Waals surface area contributed by atoms with Gasteiger partial charge in [-0.3, -0.25) is 9.59 Å². The minimum Gasteiger partial charge on any atom is -0.376 e. The predicted octanol–water partition coefficient (Wildman–Crippen LogP) is 3.99. The van der Waals surface area contributed by atoms with Crippen molar-refractivity contribution in [2.75, 3.05) is 23.7 Å². The topological polar surface area (TPSA) is 70.2 Å². The van der Waals surface area contributed by atoms with Gasteiger partial charge in [0.05, 0.1) is 6.54 Å². The van der Waals surface area contributed by atoms with Crippen LogP contribution >= 0.6 is 0 Å². The summed E-state index contributed by atoms with van der Waals surface area (Å²) in [5.41, 5.74) is 4.37. The van der Waals surface area contributed by atoms with E-state index in [1.165, 1.54) is 5.56 Å². The van der Waals surface area contributed by atoms with Crippen molar-refractivity contribution < 1.29 is 9.59 Å². The van der Waals surface area contributed by atoms with Gasteiger partial charge >= 0.3 is 0 Å². The maximum Gasteiger partial charge on any atom is 0.251 e. The molecule has 2 amide bonds. The zero-order chi connectivity index (χ0) is 19.8. The molecule has 2 aromatic carbocycles. The first-order valence-corrected chi connectivity index (χ1v) is 9.40. The van der Waals surface area contributed by atoms with Crippen molar-refractivity contribution in [3.05, 3.63) is 59.2 Å². The number of hydrogen-bond acceptors (Lipinski definition) is 3. The molecule has 0 atom stereocenters. The third kappa shape index (κ3) is 6.44. The summed E-state index contributed by atoms with van der Waals surface area (Å²) in [4.78, 5) is 24.3. The van der Waals surface area contributed by atoms with E-state index in [9.17, 15) is 9.59 Å². The van der Waals surface area contributed by atoms with E-state index in [1.54, 1.807) is 6.07 Å². The van der Waals surface area contributed by atoms with Crippen molar-refractivity contribution in [1.82, 2.24) is 5.32 Å². The quantitative estimate of drug-likeness (QED) is 0.661. The van der Waals surface area contributed by atoms with Gasteiger partial charge in [-0.05, 0) is 60.7 Å². The number of hydrogen-bond donors (Lipinski definition) is 3. The maximum atomic E-state index is 12.2. The molecule has 0 unspecified atom stereocenters. The van der Waals surface area contributed by atoms with Crippen LogP contribution in [0.15, 0.2) is 42.5 Å². The molecule has 0 bridgehead atoms. The Balaban J connectivity index is 1.91. The molecule has 2 rings (SSSR count). The number of nitrogens with one attached hydrogen (secondary N) is 3. The summed E-state index contributed by atoms with van der Waals surface area (Å²) in [5.74, 6) is 0.223. The van der Waals surface area contributed by atoms with Gasteiger partial charge in [-0.2, -0.15) is 0 Å². The van der Waals surface area contributed by atoms with E-state index >= 15 is 0 Å². The summed E-state index contributed by atoms with van der Waals surface area (Å²) in [7, 11) is 0. The lowest BCUT2D eigenvalue weighted by atomic mass is 10.1. The van der Waals surface area contributed by atoms with E-state index in [-0.39, 0.29) is 18.4 Å². The first-order chi connectivity index (χ1) is 12.9. The number of aryl methyl sites for hydroxylation is 2. The van der Waals surface area contributed by atoms with Gasteiger partial charge in [0.15, 0.2) is 0 Å². The molecule has 3 N–H and O–H groups in total. The lowest BCUT2D eigenvalue weighted by Gasteiger charge is -2.12. The largest absolute Gasteiger partial charge is 0.376 e. The van der Waals surface area contributed by atoms with Crippen molar-refractivity contribution in [3.8, 4) is 0 Å². The molecule has 0 aliphatic carbocycles. The molecule has 0 aliphatic rings. The summed E-state index contributed by atoms with van der Waals surface area (Å²) in [6.07, 6.45) is 0.929. The zero-order valence-electron chi connectivity index (χ0n) is 16.6. The summed E-state index contributed by atoms with van der Waals surface area (Å²) >= 11 is 0. The van der Waals surface area contributed by atoms with Crippen LogP contribution in [0.1, 0.15) is 42.3 Å². The SMILES string of the molecule is CCc1cccc(NC(=O)CNc2ccc(C(=O)NCC(C)C)cc2C)c1. The van der Waals surface area contributed by atoms with Crippen LogP contribution in [0.2, 0.25) is 0 Å². The maximum absolute atomic E-state index is 12.2. The van der Waals surface area contributed by atoms with Crippen molar-refractivity contribution in [2.24, 2.45) is 5.92 Å². The van der Waals surface area contributed by atoms with Gasteiger partial charge in [-0.25, -0.2) is 0 Å². The molecule has 5 nitrogen and oxygen atoms in total. The van der Waals surface area contributed by atoms with Gasteiger partial charge in [-0.15, -0.1) is 0 Å². The predicted molar refractivity (Wildman–Crippen MR) is 111 cm³/mol. The number of benzene rings is 2. The Morgan fingerprint density at radius 1 is 1.07 bits per heavy atom. The van der Waals surface area contributed by atoms with Crippen molar-refractivity contribution in [1.29, 1.82) is 0 Å². The highest BCUT2D eigenvalue weighted by Gasteiger charge is 2.09. The lowest BCUT2D eigenvalue weighted by Crippen LogP contribution is -2.27. The standard InChI is InChI=1S/C22H29N3O2/c1-5-17-7-6-8-19(12-17)25-21(26)14-23-20-10-9-18(11-16(20)4)22(27)24-13-15(2)3/h6-12,15,23H,5,13-14H2,1-4H3,(H,24,27)(H,25,26). The Labute approximate surface area is 161 Å². The van der Waals surface area contributed by atoms with Crippen LogP contribution in [0.3, 0.4) is 0 Å². The van der Waals surface area contributed by atoms with Crippen LogP contribution in [-0.4, -0.2) is 24.9 Å². The highest BCUT2D eigenvalue weighted by atomic mass is 16.2. The molecule has 0 saturated heterocycles. The minimum atomic E-state index is -0.110. The molecule has 5 heteroatoms. The molecule has 0 aromatic heterocycles. The molecule has 0 radical (unpaired) electrons. The average molecular weight is 367 g/mol. The molecule has 0 heterocycles. The van der Waals surface area contributed by atoms with E-state index < -0.39 is 0 Å². The summed E-state index contributed by atoms with van der Waals surface area (Å²) in [5, 5.41) is 8.94. The molecule has 0 fully saturated rings. The molecule has 0 spiro atoms. The number of anilines is 2. The van der Waals surface area contributed by atoms with Crippen LogP contribution in [0.4, 0.5) is 11.4 Å². The minimum absolute atomic E-state index is 0.0769. The molecular weight excluding hydrogens is 338 g/mol.